The molecule has 104 valence electrons. The molecular formula is C16H22BrNO. The first kappa shape index (κ1) is 13.6. The highest BCUT2D eigenvalue weighted by Gasteiger charge is 2.42. The van der Waals surface area contributed by atoms with Crippen molar-refractivity contribution in [2.45, 2.75) is 31.6 Å². The van der Waals surface area contributed by atoms with E-state index in [9.17, 15) is 0 Å². The highest BCUT2D eigenvalue weighted by Crippen LogP contribution is 2.49. The van der Waals surface area contributed by atoms with E-state index in [2.05, 4.69) is 45.5 Å². The fourth-order valence-electron chi connectivity index (χ4n) is 3.80. The summed E-state index contributed by atoms with van der Waals surface area (Å²) in [7, 11) is 0. The highest BCUT2D eigenvalue weighted by molar-refractivity contribution is 9.10. The highest BCUT2D eigenvalue weighted by atomic mass is 79.9. The van der Waals surface area contributed by atoms with Gasteiger partial charge in [-0.05, 0) is 49.3 Å². The predicted molar refractivity (Wildman–Crippen MR) is 81.5 cm³/mol. The van der Waals surface area contributed by atoms with E-state index in [0.29, 0.717) is 11.3 Å². The third-order valence-electron chi connectivity index (χ3n) is 4.88. The van der Waals surface area contributed by atoms with Gasteiger partial charge in [0.05, 0.1) is 0 Å². The summed E-state index contributed by atoms with van der Waals surface area (Å²) < 4.78 is 6.96. The molecule has 3 heteroatoms. The van der Waals surface area contributed by atoms with Crippen LogP contribution in [0.5, 0.6) is 0 Å². The second kappa shape index (κ2) is 5.94. The Morgan fingerprint density at radius 1 is 1.16 bits per heavy atom. The minimum atomic E-state index is 0.436. The average molecular weight is 324 g/mol. The van der Waals surface area contributed by atoms with E-state index in [1.54, 1.807) is 0 Å². The second-order valence-electron chi connectivity index (χ2n) is 5.86. The first-order chi connectivity index (χ1) is 9.32. The monoisotopic (exact) mass is 323 g/mol. The maximum Gasteiger partial charge on any atom is 0.0471 e. The van der Waals surface area contributed by atoms with Crippen molar-refractivity contribution in [1.82, 2.24) is 5.32 Å². The maximum atomic E-state index is 5.70. The van der Waals surface area contributed by atoms with Crippen molar-refractivity contribution in [2.24, 2.45) is 5.41 Å². The number of nitrogens with one attached hydrogen (secondary N) is 1. The first-order valence-electron chi connectivity index (χ1n) is 7.35. The fraction of sp³-hybridized carbons (Fsp3) is 0.625. The summed E-state index contributed by atoms with van der Waals surface area (Å²) >= 11 is 3.74. The molecule has 0 amide bonds. The van der Waals surface area contributed by atoms with Gasteiger partial charge in [0, 0.05) is 30.1 Å². The molecule has 2 heterocycles. The van der Waals surface area contributed by atoms with Crippen LogP contribution >= 0.6 is 15.9 Å². The number of ether oxygens (including phenoxy) is 1. The fourth-order valence-corrected chi connectivity index (χ4v) is 4.36. The van der Waals surface area contributed by atoms with Gasteiger partial charge in [-0.15, -0.1) is 0 Å². The molecule has 0 aromatic heterocycles. The molecule has 2 nitrogen and oxygen atoms in total. The number of hydrogen-bond acceptors (Lipinski definition) is 2. The Hall–Kier alpha value is -0.380. The van der Waals surface area contributed by atoms with Crippen LogP contribution < -0.4 is 5.32 Å². The van der Waals surface area contributed by atoms with E-state index in [0.717, 1.165) is 26.3 Å². The average Bonchev–Trinajstić information content (AvgIpc) is 2.67. The Balaban J connectivity index is 1.94. The zero-order valence-electron chi connectivity index (χ0n) is 11.3. The van der Waals surface area contributed by atoms with Gasteiger partial charge in [-0.1, -0.05) is 34.1 Å². The van der Waals surface area contributed by atoms with Crippen molar-refractivity contribution in [3.63, 3.8) is 0 Å². The molecule has 2 unspecified atom stereocenters. The number of hydrogen-bond donors (Lipinski definition) is 1. The van der Waals surface area contributed by atoms with Crippen molar-refractivity contribution in [1.29, 1.82) is 0 Å². The van der Waals surface area contributed by atoms with Gasteiger partial charge < -0.3 is 10.1 Å². The van der Waals surface area contributed by atoms with Gasteiger partial charge in [0.2, 0.25) is 0 Å². The van der Waals surface area contributed by atoms with Crippen LogP contribution in [0.3, 0.4) is 0 Å². The lowest BCUT2D eigenvalue weighted by atomic mass is 9.64. The number of piperidine rings is 1. The van der Waals surface area contributed by atoms with Crippen LogP contribution in [0, 0.1) is 5.41 Å². The zero-order chi connectivity index (χ0) is 13.1. The Kier molecular flexibility index (Phi) is 4.25. The summed E-state index contributed by atoms with van der Waals surface area (Å²) in [5.41, 5.74) is 1.91. The van der Waals surface area contributed by atoms with Gasteiger partial charge in [0.1, 0.15) is 0 Å². The minimum absolute atomic E-state index is 0.436. The van der Waals surface area contributed by atoms with Gasteiger partial charge >= 0.3 is 0 Å². The molecule has 1 spiro atoms. The van der Waals surface area contributed by atoms with Crippen LogP contribution in [0.25, 0.3) is 0 Å². The van der Waals surface area contributed by atoms with Gasteiger partial charge in [-0.25, -0.2) is 0 Å². The molecule has 2 saturated heterocycles. The molecular weight excluding hydrogens is 302 g/mol. The van der Waals surface area contributed by atoms with E-state index >= 15 is 0 Å². The van der Waals surface area contributed by atoms with Crippen molar-refractivity contribution < 1.29 is 4.74 Å². The molecule has 0 saturated carbocycles. The number of halogens is 1. The molecule has 2 atom stereocenters. The molecule has 0 radical (unpaired) electrons. The van der Waals surface area contributed by atoms with Gasteiger partial charge in [-0.2, -0.15) is 0 Å². The molecule has 0 bridgehead atoms. The molecule has 19 heavy (non-hydrogen) atoms. The maximum absolute atomic E-state index is 5.70. The number of benzene rings is 1. The molecule has 2 aliphatic rings. The lowest BCUT2D eigenvalue weighted by molar-refractivity contribution is 0.103. The quantitative estimate of drug-likeness (QED) is 0.850. The van der Waals surface area contributed by atoms with E-state index in [4.69, 9.17) is 4.74 Å². The van der Waals surface area contributed by atoms with Gasteiger partial charge in [-0.3, -0.25) is 0 Å². The SMILES string of the molecule is Brc1ccccc1C1CNCCC12CCCOCC2. The molecule has 1 aromatic rings. The molecule has 2 fully saturated rings. The van der Waals surface area contributed by atoms with E-state index in [1.165, 1.54) is 35.7 Å². The van der Waals surface area contributed by atoms with Crippen molar-refractivity contribution in [2.75, 3.05) is 26.3 Å². The van der Waals surface area contributed by atoms with Crippen molar-refractivity contribution in [3.8, 4) is 0 Å². The van der Waals surface area contributed by atoms with Crippen LogP contribution in [0.15, 0.2) is 28.7 Å². The summed E-state index contributed by atoms with van der Waals surface area (Å²) in [4.78, 5) is 0. The minimum Gasteiger partial charge on any atom is -0.381 e. The smallest absolute Gasteiger partial charge is 0.0471 e. The third-order valence-corrected chi connectivity index (χ3v) is 5.60. The van der Waals surface area contributed by atoms with Gasteiger partial charge in [0.25, 0.3) is 0 Å². The summed E-state index contributed by atoms with van der Waals surface area (Å²) in [6.45, 7) is 4.13. The normalized spacial score (nSPS) is 32.2. The lowest BCUT2D eigenvalue weighted by Gasteiger charge is -2.44. The predicted octanol–water partition coefficient (Wildman–Crippen LogP) is 3.71. The molecule has 1 aromatic carbocycles. The van der Waals surface area contributed by atoms with Gasteiger partial charge in [0.15, 0.2) is 0 Å². The second-order valence-corrected chi connectivity index (χ2v) is 6.71. The summed E-state index contributed by atoms with van der Waals surface area (Å²) in [5.74, 6) is 0.610. The van der Waals surface area contributed by atoms with E-state index in [-0.39, 0.29) is 0 Å². The van der Waals surface area contributed by atoms with Crippen molar-refractivity contribution in [3.05, 3.63) is 34.3 Å². The Morgan fingerprint density at radius 3 is 2.95 bits per heavy atom. The zero-order valence-corrected chi connectivity index (χ0v) is 12.9. The Bertz CT molecular complexity index is 427. The Labute approximate surface area is 124 Å². The summed E-state index contributed by atoms with van der Waals surface area (Å²) in [6.07, 6.45) is 5.00. The number of rotatable bonds is 1. The summed E-state index contributed by atoms with van der Waals surface area (Å²) in [6, 6.07) is 8.72. The largest absolute Gasteiger partial charge is 0.381 e. The van der Waals surface area contributed by atoms with Crippen LogP contribution in [-0.4, -0.2) is 26.3 Å². The summed E-state index contributed by atoms with van der Waals surface area (Å²) in [5, 5.41) is 3.59. The Morgan fingerprint density at radius 2 is 2.05 bits per heavy atom. The third kappa shape index (κ3) is 2.74. The van der Waals surface area contributed by atoms with Crippen LogP contribution in [0.2, 0.25) is 0 Å². The van der Waals surface area contributed by atoms with Crippen molar-refractivity contribution >= 4 is 15.9 Å². The molecule has 2 aliphatic heterocycles. The van der Waals surface area contributed by atoms with Crippen LogP contribution in [0.4, 0.5) is 0 Å². The molecule has 0 aliphatic carbocycles. The molecule has 1 N–H and O–H groups in total. The lowest BCUT2D eigenvalue weighted by Crippen LogP contribution is -2.44. The molecule has 3 rings (SSSR count). The van der Waals surface area contributed by atoms with E-state index < -0.39 is 0 Å². The first-order valence-corrected chi connectivity index (χ1v) is 8.14. The van der Waals surface area contributed by atoms with Crippen LogP contribution in [0.1, 0.15) is 37.2 Å². The topological polar surface area (TPSA) is 21.3 Å². The standard InChI is InChI=1S/C16H22BrNO/c17-15-5-2-1-4-13(15)14-12-18-9-7-16(14)6-3-10-19-11-8-16/h1-2,4-5,14,18H,3,6-12H2. The van der Waals surface area contributed by atoms with Crippen LogP contribution in [-0.2, 0) is 4.74 Å². The van der Waals surface area contributed by atoms with E-state index in [1.807, 2.05) is 0 Å².